The Morgan fingerprint density at radius 1 is 1.00 bits per heavy atom. The van der Waals surface area contributed by atoms with Crippen LogP contribution in [-0.2, 0) is 16.2 Å². The maximum atomic E-state index is 13.8. The van der Waals surface area contributed by atoms with Crippen LogP contribution in [0.1, 0.15) is 12.5 Å². The zero-order valence-electron chi connectivity index (χ0n) is 21.3. The van der Waals surface area contributed by atoms with Gasteiger partial charge in [-0.3, -0.25) is 9.59 Å². The highest BCUT2D eigenvalue weighted by atomic mass is 35.5. The van der Waals surface area contributed by atoms with Crippen LogP contribution in [0, 0.1) is 11.2 Å². The SMILES string of the molecule is CC(=O)N1CCN(/C(C=N)=C(\Oc2ccc(-c3ccc(F)c(CO)c3)cc2)C(=O)Nc2ccc(Cl)cc2)CC1. The Morgan fingerprint density at radius 3 is 2.21 bits per heavy atom. The minimum Gasteiger partial charge on any atom is -0.449 e. The molecule has 0 atom stereocenters. The maximum Gasteiger partial charge on any atom is 0.293 e. The van der Waals surface area contributed by atoms with Crippen LogP contribution < -0.4 is 10.1 Å². The number of allylic oxidation sites excluding steroid dienone is 1. The average molecular weight is 551 g/mol. The van der Waals surface area contributed by atoms with E-state index in [-0.39, 0.29) is 22.9 Å². The highest BCUT2D eigenvalue weighted by molar-refractivity contribution is 6.30. The summed E-state index contributed by atoms with van der Waals surface area (Å²) in [5.41, 5.74) is 2.45. The molecule has 0 unspecified atom stereocenters. The summed E-state index contributed by atoms with van der Waals surface area (Å²) in [6.07, 6.45) is 1.07. The van der Waals surface area contributed by atoms with E-state index in [2.05, 4.69) is 5.32 Å². The number of amides is 2. The van der Waals surface area contributed by atoms with Gasteiger partial charge in [0.25, 0.3) is 5.91 Å². The molecular weight excluding hydrogens is 523 g/mol. The molecule has 0 radical (unpaired) electrons. The van der Waals surface area contributed by atoms with Crippen molar-refractivity contribution in [2.45, 2.75) is 13.5 Å². The lowest BCUT2D eigenvalue weighted by Gasteiger charge is -2.36. The van der Waals surface area contributed by atoms with Crippen LogP contribution in [0.4, 0.5) is 10.1 Å². The van der Waals surface area contributed by atoms with E-state index >= 15 is 0 Å². The third-order valence-corrected chi connectivity index (χ3v) is 6.62. The molecule has 0 spiro atoms. The molecule has 10 heteroatoms. The van der Waals surface area contributed by atoms with Crippen molar-refractivity contribution in [1.82, 2.24) is 9.80 Å². The van der Waals surface area contributed by atoms with Gasteiger partial charge in [0, 0.05) is 55.6 Å². The van der Waals surface area contributed by atoms with Gasteiger partial charge in [0.2, 0.25) is 11.7 Å². The Bertz CT molecular complexity index is 1390. The molecule has 0 aromatic heterocycles. The second-order valence-corrected chi connectivity index (χ2v) is 9.34. The first kappa shape index (κ1) is 27.8. The van der Waals surface area contributed by atoms with Gasteiger partial charge in [-0.05, 0) is 59.7 Å². The molecule has 0 saturated carbocycles. The van der Waals surface area contributed by atoms with Crippen LogP contribution >= 0.6 is 11.6 Å². The molecule has 0 bridgehead atoms. The van der Waals surface area contributed by atoms with Crippen LogP contribution in [0.15, 0.2) is 78.2 Å². The van der Waals surface area contributed by atoms with Gasteiger partial charge in [0.1, 0.15) is 17.3 Å². The molecule has 0 aliphatic carbocycles. The average Bonchev–Trinajstić information content (AvgIpc) is 2.95. The van der Waals surface area contributed by atoms with Crippen molar-refractivity contribution in [3.63, 3.8) is 0 Å². The summed E-state index contributed by atoms with van der Waals surface area (Å²) < 4.78 is 19.9. The van der Waals surface area contributed by atoms with Gasteiger partial charge < -0.3 is 30.4 Å². The van der Waals surface area contributed by atoms with Crippen molar-refractivity contribution in [3.05, 3.63) is 94.6 Å². The topological polar surface area (TPSA) is 106 Å². The molecule has 8 nitrogen and oxygen atoms in total. The Balaban J connectivity index is 1.63. The van der Waals surface area contributed by atoms with Gasteiger partial charge in [-0.25, -0.2) is 4.39 Å². The van der Waals surface area contributed by atoms with Crippen LogP contribution in [0.25, 0.3) is 11.1 Å². The minimum absolute atomic E-state index is 0.0284. The zero-order valence-corrected chi connectivity index (χ0v) is 22.0. The summed E-state index contributed by atoms with van der Waals surface area (Å²) in [5.74, 6) is -0.787. The minimum atomic E-state index is -0.556. The Morgan fingerprint density at radius 2 is 1.62 bits per heavy atom. The second kappa shape index (κ2) is 12.6. The highest BCUT2D eigenvalue weighted by Gasteiger charge is 2.26. The largest absolute Gasteiger partial charge is 0.449 e. The lowest BCUT2D eigenvalue weighted by molar-refractivity contribution is -0.130. The first-order valence-electron chi connectivity index (χ1n) is 12.3. The fourth-order valence-electron chi connectivity index (χ4n) is 4.21. The van der Waals surface area contributed by atoms with Crippen LogP contribution in [0.5, 0.6) is 5.75 Å². The number of nitrogens with zero attached hydrogens (tertiary/aromatic N) is 2. The fourth-order valence-corrected chi connectivity index (χ4v) is 4.33. The van der Waals surface area contributed by atoms with Gasteiger partial charge in [-0.15, -0.1) is 0 Å². The van der Waals surface area contributed by atoms with E-state index in [9.17, 15) is 19.1 Å². The molecule has 3 aromatic carbocycles. The van der Waals surface area contributed by atoms with E-state index in [1.165, 1.54) is 13.0 Å². The van der Waals surface area contributed by atoms with Gasteiger partial charge in [-0.2, -0.15) is 0 Å². The number of anilines is 1. The lowest BCUT2D eigenvalue weighted by atomic mass is 10.0. The number of rotatable bonds is 8. The number of piperazine rings is 1. The van der Waals surface area contributed by atoms with Crippen molar-refractivity contribution < 1.29 is 23.8 Å². The quantitative estimate of drug-likeness (QED) is 0.214. The molecule has 39 heavy (non-hydrogen) atoms. The van der Waals surface area contributed by atoms with Crippen molar-refractivity contribution in [3.8, 4) is 16.9 Å². The van der Waals surface area contributed by atoms with E-state index in [1.807, 2.05) is 4.90 Å². The Kier molecular flexibility index (Phi) is 8.96. The third kappa shape index (κ3) is 6.81. The van der Waals surface area contributed by atoms with Crippen LogP contribution in [0.3, 0.4) is 0 Å². The van der Waals surface area contributed by atoms with Crippen molar-refractivity contribution in [2.24, 2.45) is 0 Å². The molecule has 2 amide bonds. The second-order valence-electron chi connectivity index (χ2n) is 8.90. The number of carbonyl (C=O) groups is 2. The highest BCUT2D eigenvalue weighted by Crippen LogP contribution is 2.27. The van der Waals surface area contributed by atoms with Crippen molar-refractivity contribution in [1.29, 1.82) is 5.41 Å². The number of halogens is 2. The molecular formula is C29H28ClFN4O4. The number of hydrogen-bond donors (Lipinski definition) is 3. The zero-order chi connectivity index (χ0) is 27.9. The van der Waals surface area contributed by atoms with E-state index < -0.39 is 18.3 Å². The molecule has 3 N–H and O–H groups in total. The molecule has 3 aromatic rings. The Labute approximate surface area is 230 Å². The van der Waals surface area contributed by atoms with Gasteiger partial charge in [-0.1, -0.05) is 29.8 Å². The number of ether oxygens (including phenoxy) is 1. The number of aliphatic hydroxyl groups excluding tert-OH is 1. The number of carbonyl (C=O) groups excluding carboxylic acids is 2. The number of aliphatic hydroxyl groups is 1. The van der Waals surface area contributed by atoms with Crippen molar-refractivity contribution >= 4 is 35.3 Å². The summed E-state index contributed by atoms with van der Waals surface area (Å²) in [5, 5.41) is 20.8. The third-order valence-electron chi connectivity index (χ3n) is 6.37. The predicted molar refractivity (Wildman–Crippen MR) is 148 cm³/mol. The molecule has 202 valence electrons. The summed E-state index contributed by atoms with van der Waals surface area (Å²) >= 11 is 5.97. The van der Waals surface area contributed by atoms with Crippen molar-refractivity contribution in [2.75, 3.05) is 31.5 Å². The van der Waals surface area contributed by atoms with Crippen LogP contribution in [0.2, 0.25) is 5.02 Å². The predicted octanol–water partition coefficient (Wildman–Crippen LogP) is 4.68. The summed E-state index contributed by atoms with van der Waals surface area (Å²) in [7, 11) is 0. The lowest BCUT2D eigenvalue weighted by Crippen LogP contribution is -2.48. The fraction of sp³-hybridized carbons (Fsp3) is 0.207. The van der Waals surface area contributed by atoms with E-state index in [1.54, 1.807) is 65.6 Å². The first-order valence-corrected chi connectivity index (χ1v) is 12.7. The molecule has 1 fully saturated rings. The standard InChI is InChI=1S/C29H28ClFN4O4/c1-19(37)34-12-14-35(15-13-34)27(17-32)28(29(38)33-24-7-5-23(30)6-8-24)39-25-9-2-20(3-10-25)21-4-11-26(31)22(16-21)18-36/h2-11,16-17,32,36H,12-15,18H2,1H3,(H,33,38)/b28-27-,32-17?. The molecule has 1 aliphatic heterocycles. The van der Waals surface area contributed by atoms with E-state index in [4.69, 9.17) is 21.7 Å². The Hall–Kier alpha value is -4.21. The monoisotopic (exact) mass is 550 g/mol. The van der Waals surface area contributed by atoms with E-state index in [0.717, 1.165) is 11.8 Å². The van der Waals surface area contributed by atoms with Gasteiger partial charge in [0.05, 0.1) is 6.61 Å². The van der Waals surface area contributed by atoms with Gasteiger partial charge >= 0.3 is 0 Å². The molecule has 1 aliphatic rings. The molecule has 1 saturated heterocycles. The first-order chi connectivity index (χ1) is 18.8. The number of hydrogen-bond acceptors (Lipinski definition) is 6. The maximum absolute atomic E-state index is 13.8. The summed E-state index contributed by atoms with van der Waals surface area (Å²) in [6, 6.07) is 18.0. The summed E-state index contributed by atoms with van der Waals surface area (Å²) in [6.45, 7) is 2.88. The smallest absolute Gasteiger partial charge is 0.293 e. The normalized spacial score (nSPS) is 13.9. The molecule has 4 rings (SSSR count). The van der Waals surface area contributed by atoms with E-state index in [0.29, 0.717) is 48.2 Å². The number of nitrogens with one attached hydrogen (secondary N) is 2. The number of benzene rings is 3. The molecule has 1 heterocycles. The summed E-state index contributed by atoms with van der Waals surface area (Å²) in [4.78, 5) is 28.7. The van der Waals surface area contributed by atoms with Crippen LogP contribution in [-0.4, -0.2) is 59.1 Å². The van der Waals surface area contributed by atoms with Gasteiger partial charge in [0.15, 0.2) is 0 Å².